The first-order valence-corrected chi connectivity index (χ1v) is 15.2. The average molecular weight is 471 g/mol. The molecule has 0 heterocycles. The van der Waals surface area contributed by atoms with Crippen LogP contribution in [0.4, 0.5) is 0 Å². The molecule has 0 aliphatic carbocycles. The molecule has 0 radical (unpaired) electrons. The zero-order valence-electron chi connectivity index (χ0n) is 22.5. The summed E-state index contributed by atoms with van der Waals surface area (Å²) in [7, 11) is 1.75. The zero-order chi connectivity index (χ0) is 24.1. The summed E-state index contributed by atoms with van der Waals surface area (Å²) in [5, 5.41) is -0.582. The van der Waals surface area contributed by atoms with Gasteiger partial charge in [0.2, 0.25) is 0 Å². The maximum Gasteiger partial charge on any atom is 0.376 e. The number of unbranched alkanes of at least 4 members (excludes halogenated alkanes) is 14. The number of quaternary nitrogens is 1. The van der Waals surface area contributed by atoms with Crippen LogP contribution < -0.4 is 4.89 Å². The van der Waals surface area contributed by atoms with Crippen LogP contribution in [0, 0.1) is 0 Å². The third-order valence-corrected chi connectivity index (χ3v) is 9.16. The number of hydrogen-bond donors (Lipinski definition) is 0. The van der Waals surface area contributed by atoms with E-state index in [9.17, 15) is 9.46 Å². The number of hydrogen-bond acceptors (Lipinski definition) is 2. The molecule has 0 fully saturated rings. The summed E-state index contributed by atoms with van der Waals surface area (Å²) in [6.45, 7) is 7.35. The van der Waals surface area contributed by atoms with Crippen LogP contribution in [0.25, 0.3) is 0 Å². The van der Waals surface area contributed by atoms with E-state index < -0.39 is 13.3 Å². The molecule has 2 unspecified atom stereocenters. The molecule has 0 aliphatic heterocycles. The van der Waals surface area contributed by atoms with Crippen LogP contribution >= 0.6 is 8.03 Å². The monoisotopic (exact) mass is 470 g/mol. The van der Waals surface area contributed by atoms with Crippen molar-refractivity contribution in [2.45, 2.75) is 148 Å². The molecule has 0 aromatic rings. The molecule has 4 heteroatoms. The predicted molar refractivity (Wildman–Crippen MR) is 141 cm³/mol. The molecule has 0 N–H and O–H groups in total. The number of rotatable bonds is 23. The van der Waals surface area contributed by atoms with E-state index in [1.807, 2.05) is 0 Å². The largest absolute Gasteiger partial charge is 0.590 e. The van der Waals surface area contributed by atoms with Gasteiger partial charge in [-0.25, -0.2) is 0 Å². The highest BCUT2D eigenvalue weighted by atomic mass is 31.1. The van der Waals surface area contributed by atoms with Gasteiger partial charge in [-0.1, -0.05) is 101 Å². The van der Waals surface area contributed by atoms with Crippen LogP contribution in [0.15, 0.2) is 12.2 Å². The highest BCUT2D eigenvalue weighted by Gasteiger charge is 2.54. The van der Waals surface area contributed by atoms with Crippen LogP contribution in [-0.2, 0) is 4.57 Å². The van der Waals surface area contributed by atoms with Crippen molar-refractivity contribution in [2.24, 2.45) is 0 Å². The first kappa shape index (κ1) is 31.8. The SMILES string of the molecule is CCCCCCCC/C=C\CCCCCCCCCCC(CCC)([P+](=O)[O-])[N+](C)(C)CC. The Balaban J connectivity index is 3.76. The molecule has 0 aromatic carbocycles. The lowest BCUT2D eigenvalue weighted by atomic mass is 9.98. The minimum atomic E-state index is -2.43. The van der Waals surface area contributed by atoms with Crippen molar-refractivity contribution in [2.75, 3.05) is 20.6 Å². The normalized spacial score (nSPS) is 14.8. The molecule has 0 amide bonds. The molecule has 2 atom stereocenters. The van der Waals surface area contributed by atoms with Crippen molar-refractivity contribution < 1.29 is 13.9 Å². The van der Waals surface area contributed by atoms with Gasteiger partial charge in [0.25, 0.3) is 5.28 Å². The molecule has 0 aromatic heterocycles. The molecular weight excluding hydrogens is 413 g/mol. The van der Waals surface area contributed by atoms with Crippen molar-refractivity contribution in [1.82, 2.24) is 0 Å². The summed E-state index contributed by atoms with van der Waals surface area (Å²) in [5.41, 5.74) is 0. The van der Waals surface area contributed by atoms with E-state index in [4.69, 9.17) is 0 Å². The van der Waals surface area contributed by atoms with Gasteiger partial charge in [-0.05, 0) is 45.4 Å². The Morgan fingerprint density at radius 2 is 1.09 bits per heavy atom. The third kappa shape index (κ3) is 13.5. The van der Waals surface area contributed by atoms with Gasteiger partial charge in [-0.2, -0.15) is 0 Å². The molecule has 32 heavy (non-hydrogen) atoms. The molecular formula is C28H57NO2P+. The van der Waals surface area contributed by atoms with Crippen molar-refractivity contribution in [3.05, 3.63) is 12.2 Å². The summed E-state index contributed by atoms with van der Waals surface area (Å²) in [5.74, 6) is 0. The predicted octanol–water partition coefficient (Wildman–Crippen LogP) is 8.89. The van der Waals surface area contributed by atoms with E-state index in [2.05, 4.69) is 47.0 Å². The van der Waals surface area contributed by atoms with Crippen LogP contribution in [0.5, 0.6) is 0 Å². The van der Waals surface area contributed by atoms with Gasteiger partial charge < -0.3 is 4.89 Å². The van der Waals surface area contributed by atoms with Crippen molar-refractivity contribution in [1.29, 1.82) is 0 Å². The molecule has 0 spiro atoms. The molecule has 190 valence electrons. The highest BCUT2D eigenvalue weighted by Crippen LogP contribution is 2.46. The van der Waals surface area contributed by atoms with Crippen molar-refractivity contribution in [3.63, 3.8) is 0 Å². The van der Waals surface area contributed by atoms with Crippen LogP contribution in [-0.4, -0.2) is 30.4 Å². The van der Waals surface area contributed by atoms with E-state index >= 15 is 0 Å². The fraction of sp³-hybridized carbons (Fsp3) is 0.929. The fourth-order valence-electron chi connectivity index (χ4n) is 4.84. The lowest BCUT2D eigenvalue weighted by Crippen LogP contribution is -2.58. The average Bonchev–Trinajstić information content (AvgIpc) is 2.77. The van der Waals surface area contributed by atoms with E-state index in [1.54, 1.807) is 0 Å². The van der Waals surface area contributed by atoms with Gasteiger partial charge in [0.05, 0.1) is 20.6 Å². The lowest BCUT2D eigenvalue weighted by molar-refractivity contribution is -0.927. The van der Waals surface area contributed by atoms with E-state index in [1.165, 1.54) is 96.3 Å². The number of allylic oxidation sites excluding steroid dienone is 2. The molecule has 0 rings (SSSR count). The summed E-state index contributed by atoms with van der Waals surface area (Å²) in [6.07, 6.45) is 28.2. The molecule has 0 aliphatic rings. The van der Waals surface area contributed by atoms with Crippen LogP contribution in [0.3, 0.4) is 0 Å². The summed E-state index contributed by atoms with van der Waals surface area (Å²) in [6, 6.07) is 0. The lowest BCUT2D eigenvalue weighted by Gasteiger charge is -2.42. The van der Waals surface area contributed by atoms with E-state index in [0.717, 1.165) is 32.2 Å². The Labute approximate surface area is 202 Å². The van der Waals surface area contributed by atoms with Crippen molar-refractivity contribution >= 4 is 8.03 Å². The number of nitrogens with zero attached hydrogens (tertiary/aromatic N) is 1. The van der Waals surface area contributed by atoms with Crippen molar-refractivity contribution in [3.8, 4) is 0 Å². The molecule has 0 bridgehead atoms. The van der Waals surface area contributed by atoms with Gasteiger partial charge in [-0.15, -0.1) is 0 Å². The molecule has 3 nitrogen and oxygen atoms in total. The van der Waals surface area contributed by atoms with Crippen LogP contribution in [0.1, 0.15) is 143 Å². The summed E-state index contributed by atoms with van der Waals surface area (Å²) >= 11 is 0. The van der Waals surface area contributed by atoms with Gasteiger partial charge in [0.1, 0.15) is 0 Å². The van der Waals surface area contributed by atoms with Gasteiger partial charge >= 0.3 is 8.03 Å². The Bertz CT molecular complexity index is 478. The van der Waals surface area contributed by atoms with Gasteiger partial charge in [-0.3, -0.25) is 4.48 Å². The zero-order valence-corrected chi connectivity index (χ0v) is 23.4. The smallest absolute Gasteiger partial charge is 0.376 e. The summed E-state index contributed by atoms with van der Waals surface area (Å²) in [4.78, 5) is 12.2. The maximum absolute atomic E-state index is 12.2. The fourth-order valence-corrected chi connectivity index (χ4v) is 6.17. The minimum Gasteiger partial charge on any atom is -0.590 e. The second-order valence-electron chi connectivity index (χ2n) is 10.4. The Morgan fingerprint density at radius 1 is 0.656 bits per heavy atom. The minimum absolute atomic E-state index is 0.582. The van der Waals surface area contributed by atoms with Crippen LogP contribution in [0.2, 0.25) is 0 Å². The van der Waals surface area contributed by atoms with Gasteiger partial charge in [0.15, 0.2) is 0 Å². The first-order valence-electron chi connectivity index (χ1n) is 14.0. The third-order valence-electron chi connectivity index (χ3n) is 7.50. The first-order chi connectivity index (χ1) is 15.4. The Kier molecular flexibility index (Phi) is 20.0. The second kappa shape index (κ2) is 20.2. The Hall–Kier alpha value is -0.240. The standard InChI is InChI=1S/C28H57NO2P/c1-6-9-10-11-12-13-14-15-16-17-18-19-20-21-22-23-24-25-27-28(26-7-2,32(30)31)29(4,5)8-3/h15-16H,6-14,17-27H2,1-5H3/q+1/b16-15-. The van der Waals surface area contributed by atoms with E-state index in [0.29, 0.717) is 4.48 Å². The molecule has 0 saturated carbocycles. The highest BCUT2D eigenvalue weighted by molar-refractivity contribution is 7.38. The quantitative estimate of drug-likeness (QED) is 0.0647. The van der Waals surface area contributed by atoms with Gasteiger partial charge in [0, 0.05) is 12.8 Å². The topological polar surface area (TPSA) is 40.1 Å². The summed E-state index contributed by atoms with van der Waals surface area (Å²) < 4.78 is 12.8. The Morgan fingerprint density at radius 3 is 1.50 bits per heavy atom. The molecule has 0 saturated heterocycles. The second-order valence-corrected chi connectivity index (χ2v) is 11.7. The maximum atomic E-state index is 12.2. The van der Waals surface area contributed by atoms with E-state index in [-0.39, 0.29) is 0 Å².